The molecular weight excluding hydrogens is 208 g/mol. The molecule has 1 rings (SSSR count). The van der Waals surface area contributed by atoms with E-state index in [1.165, 1.54) is 12.1 Å². The molecule has 1 aliphatic rings. The van der Waals surface area contributed by atoms with Gasteiger partial charge in [0.15, 0.2) is 0 Å². The predicted octanol–water partition coefficient (Wildman–Crippen LogP) is 1.18. The van der Waals surface area contributed by atoms with E-state index < -0.39 is 5.92 Å². The van der Waals surface area contributed by atoms with Crippen molar-refractivity contribution in [2.75, 3.05) is 7.11 Å². The molecule has 5 heteroatoms. The largest absolute Gasteiger partial charge is 0.469 e. The second-order valence-electron chi connectivity index (χ2n) is 4.90. The Morgan fingerprint density at radius 3 is 2.44 bits per heavy atom. The summed E-state index contributed by atoms with van der Waals surface area (Å²) in [4.78, 5) is 23.2. The number of rotatable bonds is 2. The summed E-state index contributed by atoms with van der Waals surface area (Å²) in [6.45, 7) is 7.48. The van der Waals surface area contributed by atoms with Crippen molar-refractivity contribution in [2.45, 2.75) is 39.7 Å². The summed E-state index contributed by atoms with van der Waals surface area (Å²) < 4.78 is 4.56. The molecule has 0 N–H and O–H groups in total. The summed E-state index contributed by atoms with van der Waals surface area (Å²) in [5.41, 5.74) is 0.314. The molecule has 0 aromatic rings. The molecule has 0 saturated heterocycles. The van der Waals surface area contributed by atoms with Crippen LogP contribution in [-0.4, -0.2) is 35.2 Å². The van der Waals surface area contributed by atoms with Crippen LogP contribution in [0.1, 0.15) is 34.1 Å². The van der Waals surface area contributed by atoms with Crippen LogP contribution < -0.4 is 0 Å². The van der Waals surface area contributed by atoms with Gasteiger partial charge in [0.2, 0.25) is 0 Å². The zero-order chi connectivity index (χ0) is 12.5. The van der Waals surface area contributed by atoms with E-state index in [1.807, 2.05) is 20.8 Å². The van der Waals surface area contributed by atoms with Crippen LogP contribution in [0.4, 0.5) is 0 Å². The number of carbonyl (C=O) groups is 2. The minimum atomic E-state index is -0.466. The number of nitrogens with zero attached hydrogens (tertiary/aromatic N) is 2. The Hall–Kier alpha value is -1.39. The molecule has 1 aliphatic heterocycles. The van der Waals surface area contributed by atoms with Crippen molar-refractivity contribution in [2.24, 2.45) is 11.0 Å². The van der Waals surface area contributed by atoms with Gasteiger partial charge in [0.25, 0.3) is 5.91 Å². The lowest BCUT2D eigenvalue weighted by molar-refractivity contribution is -0.145. The first-order valence-corrected chi connectivity index (χ1v) is 5.23. The molecular formula is C11H18N2O3. The summed E-state index contributed by atoms with van der Waals surface area (Å²) in [5.74, 6) is -0.981. The Morgan fingerprint density at radius 1 is 1.50 bits per heavy atom. The van der Waals surface area contributed by atoms with Gasteiger partial charge in [-0.3, -0.25) is 9.59 Å². The van der Waals surface area contributed by atoms with Gasteiger partial charge >= 0.3 is 5.97 Å². The lowest BCUT2D eigenvalue weighted by Gasteiger charge is -2.28. The van der Waals surface area contributed by atoms with Crippen LogP contribution in [0.2, 0.25) is 0 Å². The monoisotopic (exact) mass is 226 g/mol. The molecule has 0 radical (unpaired) electrons. The standard InChI is InChI=1S/C11H18N2O3/c1-7-8(6-9(14)16-5)10(15)13(12-7)11(2,3)4/h8H,6H2,1-5H3. The zero-order valence-electron chi connectivity index (χ0n) is 10.4. The van der Waals surface area contributed by atoms with Crippen LogP contribution in [0.3, 0.4) is 0 Å². The fraction of sp³-hybridized carbons (Fsp3) is 0.727. The fourth-order valence-corrected chi connectivity index (χ4v) is 1.57. The maximum Gasteiger partial charge on any atom is 0.306 e. The number of ether oxygens (including phenoxy) is 1. The highest BCUT2D eigenvalue weighted by Crippen LogP contribution is 2.26. The first-order valence-electron chi connectivity index (χ1n) is 5.23. The predicted molar refractivity (Wildman–Crippen MR) is 59.8 cm³/mol. The zero-order valence-corrected chi connectivity index (χ0v) is 10.4. The summed E-state index contributed by atoms with van der Waals surface area (Å²) in [5, 5.41) is 5.64. The summed E-state index contributed by atoms with van der Waals surface area (Å²) in [6.07, 6.45) is 0.0667. The number of amides is 1. The van der Waals surface area contributed by atoms with Crippen LogP contribution >= 0.6 is 0 Å². The van der Waals surface area contributed by atoms with Crippen LogP contribution in [0.25, 0.3) is 0 Å². The summed E-state index contributed by atoms with van der Waals surface area (Å²) in [6, 6.07) is 0. The quantitative estimate of drug-likeness (QED) is 0.664. The van der Waals surface area contributed by atoms with Gasteiger partial charge in [-0.2, -0.15) is 5.10 Å². The highest BCUT2D eigenvalue weighted by Gasteiger charge is 2.40. The molecule has 1 atom stereocenters. The van der Waals surface area contributed by atoms with E-state index in [0.29, 0.717) is 5.71 Å². The Labute approximate surface area is 95.4 Å². The molecule has 1 heterocycles. The van der Waals surface area contributed by atoms with Crippen molar-refractivity contribution in [1.82, 2.24) is 5.01 Å². The first-order chi connectivity index (χ1) is 7.27. The first kappa shape index (κ1) is 12.7. The molecule has 0 saturated carbocycles. The Morgan fingerprint density at radius 2 is 2.06 bits per heavy atom. The Kier molecular flexibility index (Phi) is 3.35. The van der Waals surface area contributed by atoms with E-state index in [9.17, 15) is 9.59 Å². The fourth-order valence-electron chi connectivity index (χ4n) is 1.57. The maximum absolute atomic E-state index is 12.0. The summed E-state index contributed by atoms with van der Waals surface area (Å²) >= 11 is 0. The highest BCUT2D eigenvalue weighted by atomic mass is 16.5. The van der Waals surface area contributed by atoms with Crippen molar-refractivity contribution in [3.05, 3.63) is 0 Å². The van der Waals surface area contributed by atoms with Gasteiger partial charge in [0.1, 0.15) is 0 Å². The molecule has 16 heavy (non-hydrogen) atoms. The van der Waals surface area contributed by atoms with Crippen molar-refractivity contribution in [3.63, 3.8) is 0 Å². The lowest BCUT2D eigenvalue weighted by atomic mass is 9.99. The molecule has 0 aliphatic carbocycles. The van der Waals surface area contributed by atoms with E-state index >= 15 is 0 Å². The topological polar surface area (TPSA) is 59.0 Å². The minimum absolute atomic E-state index is 0.0667. The van der Waals surface area contributed by atoms with Gasteiger partial charge in [-0.25, -0.2) is 5.01 Å². The van der Waals surface area contributed by atoms with Crippen LogP contribution in [0.5, 0.6) is 0 Å². The molecule has 0 aromatic heterocycles. The number of carbonyl (C=O) groups excluding carboxylic acids is 2. The van der Waals surface area contributed by atoms with Gasteiger partial charge in [-0.1, -0.05) is 0 Å². The van der Waals surface area contributed by atoms with E-state index in [2.05, 4.69) is 9.84 Å². The number of methoxy groups -OCH3 is 1. The van der Waals surface area contributed by atoms with E-state index in [-0.39, 0.29) is 23.8 Å². The van der Waals surface area contributed by atoms with Crippen molar-refractivity contribution in [3.8, 4) is 0 Å². The average molecular weight is 226 g/mol. The molecule has 5 nitrogen and oxygen atoms in total. The van der Waals surface area contributed by atoms with E-state index in [1.54, 1.807) is 6.92 Å². The van der Waals surface area contributed by atoms with Crippen LogP contribution in [-0.2, 0) is 14.3 Å². The molecule has 0 bridgehead atoms. The molecule has 0 aromatic carbocycles. The van der Waals surface area contributed by atoms with Gasteiger partial charge in [-0.15, -0.1) is 0 Å². The Balaban J connectivity index is 2.83. The molecule has 1 unspecified atom stereocenters. The third kappa shape index (κ3) is 2.40. The maximum atomic E-state index is 12.0. The van der Waals surface area contributed by atoms with E-state index in [4.69, 9.17) is 0 Å². The third-order valence-corrected chi connectivity index (χ3v) is 2.50. The van der Waals surface area contributed by atoms with Gasteiger partial charge in [0.05, 0.1) is 25.0 Å². The van der Waals surface area contributed by atoms with Crippen molar-refractivity contribution < 1.29 is 14.3 Å². The van der Waals surface area contributed by atoms with Gasteiger partial charge in [-0.05, 0) is 27.7 Å². The number of hydrogen-bond acceptors (Lipinski definition) is 4. The SMILES string of the molecule is COC(=O)CC1C(=O)N(C(C)(C)C)N=C1C. The van der Waals surface area contributed by atoms with Crippen molar-refractivity contribution in [1.29, 1.82) is 0 Å². The van der Waals surface area contributed by atoms with Crippen LogP contribution in [0.15, 0.2) is 5.10 Å². The molecule has 1 amide bonds. The molecule has 90 valence electrons. The second-order valence-corrected chi connectivity index (χ2v) is 4.90. The normalized spacial score (nSPS) is 21.1. The third-order valence-electron chi connectivity index (χ3n) is 2.50. The van der Waals surface area contributed by atoms with Crippen LogP contribution in [0, 0.1) is 5.92 Å². The van der Waals surface area contributed by atoms with Crippen molar-refractivity contribution >= 4 is 17.6 Å². The highest BCUT2D eigenvalue weighted by molar-refractivity contribution is 6.08. The lowest BCUT2D eigenvalue weighted by Crippen LogP contribution is -2.41. The molecule has 0 spiro atoms. The summed E-state index contributed by atoms with van der Waals surface area (Å²) in [7, 11) is 1.32. The molecule has 0 fully saturated rings. The van der Waals surface area contributed by atoms with E-state index in [0.717, 1.165) is 0 Å². The Bertz CT molecular complexity index is 342. The average Bonchev–Trinajstić information content (AvgIpc) is 2.44. The number of hydrazone groups is 1. The minimum Gasteiger partial charge on any atom is -0.469 e. The van der Waals surface area contributed by atoms with Gasteiger partial charge < -0.3 is 4.74 Å². The smallest absolute Gasteiger partial charge is 0.306 e. The second kappa shape index (κ2) is 4.23. The van der Waals surface area contributed by atoms with Gasteiger partial charge in [0, 0.05) is 5.71 Å². The number of esters is 1. The number of hydrogen-bond donors (Lipinski definition) is 0.